The largest absolute Gasteiger partial charge is 0.423 e. The molecule has 0 aliphatic rings. The topological polar surface area (TPSA) is 94.1 Å². The molecule has 36 heavy (non-hydrogen) atoms. The lowest BCUT2D eigenvalue weighted by Gasteiger charge is -2.10. The minimum Gasteiger partial charge on any atom is -0.423 e. The molecule has 0 unspecified atom stereocenters. The predicted molar refractivity (Wildman–Crippen MR) is 136 cm³/mol. The van der Waals surface area contributed by atoms with Crippen LogP contribution in [-0.2, 0) is 0 Å². The Morgan fingerprint density at radius 3 is 1.89 bits per heavy atom. The molecule has 7 nitrogen and oxygen atoms in total. The third-order valence-electron chi connectivity index (χ3n) is 4.89. The summed E-state index contributed by atoms with van der Waals surface area (Å²) in [4.78, 5) is 37.4. The summed E-state index contributed by atoms with van der Waals surface area (Å²) < 4.78 is 11.0. The lowest BCUT2D eigenvalue weighted by Crippen LogP contribution is -2.17. The van der Waals surface area contributed by atoms with Crippen LogP contribution in [0.15, 0.2) is 108 Å². The molecular formula is C28H19ClN2O5. The molecule has 8 heteroatoms. The van der Waals surface area contributed by atoms with Crippen LogP contribution in [0.4, 0.5) is 0 Å². The van der Waals surface area contributed by atoms with Gasteiger partial charge in [0, 0.05) is 22.2 Å². The Morgan fingerprint density at radius 1 is 0.694 bits per heavy atom. The Kier molecular flexibility index (Phi) is 7.85. The SMILES string of the molecule is O=C(NN=Cc1ccc(OC(=O)c2ccccc2)cc1OC(=O)c1ccccc1)c1ccc(Cl)cc1. The first-order valence-electron chi connectivity index (χ1n) is 10.8. The number of halogens is 1. The van der Waals surface area contributed by atoms with E-state index in [2.05, 4.69) is 10.5 Å². The number of carbonyl (C=O) groups excluding carboxylic acids is 3. The van der Waals surface area contributed by atoms with Gasteiger partial charge in [-0.05, 0) is 60.7 Å². The van der Waals surface area contributed by atoms with Crippen molar-refractivity contribution in [1.82, 2.24) is 5.43 Å². The number of amides is 1. The fourth-order valence-corrected chi connectivity index (χ4v) is 3.20. The average molecular weight is 499 g/mol. The van der Waals surface area contributed by atoms with Crippen molar-refractivity contribution in [2.24, 2.45) is 5.10 Å². The van der Waals surface area contributed by atoms with Crippen LogP contribution in [-0.4, -0.2) is 24.1 Å². The van der Waals surface area contributed by atoms with E-state index in [4.69, 9.17) is 21.1 Å². The van der Waals surface area contributed by atoms with E-state index in [0.29, 0.717) is 27.3 Å². The highest BCUT2D eigenvalue weighted by Crippen LogP contribution is 2.26. The number of rotatable bonds is 7. The number of esters is 2. The first-order valence-corrected chi connectivity index (χ1v) is 11.1. The Labute approximate surface area is 211 Å². The van der Waals surface area contributed by atoms with E-state index < -0.39 is 17.8 Å². The van der Waals surface area contributed by atoms with Crippen molar-refractivity contribution < 1.29 is 23.9 Å². The normalized spacial score (nSPS) is 10.6. The van der Waals surface area contributed by atoms with Gasteiger partial charge >= 0.3 is 11.9 Å². The van der Waals surface area contributed by atoms with Crippen molar-refractivity contribution in [2.75, 3.05) is 0 Å². The van der Waals surface area contributed by atoms with E-state index in [0.717, 1.165) is 0 Å². The molecule has 1 N–H and O–H groups in total. The molecule has 0 aliphatic heterocycles. The van der Waals surface area contributed by atoms with Gasteiger partial charge < -0.3 is 9.47 Å². The third-order valence-corrected chi connectivity index (χ3v) is 5.15. The summed E-state index contributed by atoms with van der Waals surface area (Å²) >= 11 is 5.85. The Bertz CT molecular complexity index is 1410. The van der Waals surface area contributed by atoms with Gasteiger partial charge in [0.25, 0.3) is 5.91 Å². The standard InChI is InChI=1S/C28H19ClN2O5/c29-23-14-11-19(12-15-23)26(32)31-30-18-22-13-16-24(35-27(33)20-7-3-1-4-8-20)17-25(22)36-28(34)21-9-5-2-6-10-21/h1-18H,(H,31,32). The summed E-state index contributed by atoms with van der Waals surface area (Å²) in [6.45, 7) is 0. The second-order valence-electron chi connectivity index (χ2n) is 7.42. The predicted octanol–water partition coefficient (Wildman–Crippen LogP) is 5.54. The molecule has 0 bridgehead atoms. The van der Waals surface area contributed by atoms with Crippen molar-refractivity contribution in [2.45, 2.75) is 0 Å². The van der Waals surface area contributed by atoms with Crippen LogP contribution in [0.3, 0.4) is 0 Å². The Hall–Kier alpha value is -4.75. The van der Waals surface area contributed by atoms with Crippen LogP contribution < -0.4 is 14.9 Å². The molecule has 0 heterocycles. The molecule has 1 amide bonds. The van der Waals surface area contributed by atoms with Gasteiger partial charge in [-0.15, -0.1) is 0 Å². The average Bonchev–Trinajstić information content (AvgIpc) is 2.91. The van der Waals surface area contributed by atoms with Gasteiger partial charge in [0.15, 0.2) is 0 Å². The first kappa shape index (κ1) is 24.4. The quantitative estimate of drug-likeness (QED) is 0.156. The van der Waals surface area contributed by atoms with Gasteiger partial charge in [-0.2, -0.15) is 5.10 Å². The van der Waals surface area contributed by atoms with E-state index in [9.17, 15) is 14.4 Å². The van der Waals surface area contributed by atoms with Crippen LogP contribution in [0.1, 0.15) is 36.6 Å². The van der Waals surface area contributed by atoms with E-state index >= 15 is 0 Å². The lowest BCUT2D eigenvalue weighted by molar-refractivity contribution is 0.0732. The summed E-state index contributed by atoms with van der Waals surface area (Å²) in [6.07, 6.45) is 1.32. The van der Waals surface area contributed by atoms with E-state index in [-0.39, 0.29) is 11.5 Å². The van der Waals surface area contributed by atoms with Crippen molar-refractivity contribution >= 4 is 35.7 Å². The summed E-state index contributed by atoms with van der Waals surface area (Å²) in [6, 6.07) is 27.7. The highest BCUT2D eigenvalue weighted by atomic mass is 35.5. The molecule has 0 saturated carbocycles. The zero-order valence-electron chi connectivity index (χ0n) is 18.8. The smallest absolute Gasteiger partial charge is 0.343 e. The van der Waals surface area contributed by atoms with Gasteiger partial charge in [0.1, 0.15) is 11.5 Å². The first-order chi connectivity index (χ1) is 17.5. The van der Waals surface area contributed by atoms with Crippen LogP contribution in [0.5, 0.6) is 11.5 Å². The fourth-order valence-electron chi connectivity index (χ4n) is 3.07. The number of hydrogen-bond acceptors (Lipinski definition) is 6. The van der Waals surface area contributed by atoms with Crippen molar-refractivity contribution in [1.29, 1.82) is 0 Å². The van der Waals surface area contributed by atoms with Gasteiger partial charge in [-0.1, -0.05) is 48.0 Å². The van der Waals surface area contributed by atoms with E-state index in [1.807, 2.05) is 0 Å². The number of benzene rings is 4. The van der Waals surface area contributed by atoms with Crippen molar-refractivity contribution in [3.05, 3.63) is 130 Å². The number of nitrogens with zero attached hydrogens (tertiary/aromatic N) is 1. The van der Waals surface area contributed by atoms with Gasteiger partial charge in [0.05, 0.1) is 17.3 Å². The second-order valence-corrected chi connectivity index (χ2v) is 7.85. The maximum Gasteiger partial charge on any atom is 0.343 e. The number of carbonyl (C=O) groups is 3. The molecule has 0 aromatic heterocycles. The summed E-state index contributed by atoms with van der Waals surface area (Å²) in [5.74, 6) is -1.36. The summed E-state index contributed by atoms with van der Waals surface area (Å²) in [7, 11) is 0. The molecule has 4 rings (SSSR count). The molecule has 0 saturated heterocycles. The monoisotopic (exact) mass is 498 g/mol. The number of hydrogen-bond donors (Lipinski definition) is 1. The Balaban J connectivity index is 1.55. The third kappa shape index (κ3) is 6.43. The van der Waals surface area contributed by atoms with Crippen LogP contribution >= 0.6 is 11.6 Å². The van der Waals surface area contributed by atoms with Gasteiger partial charge in [-0.3, -0.25) is 4.79 Å². The summed E-state index contributed by atoms with van der Waals surface area (Å²) in [5.41, 5.74) is 3.86. The minimum absolute atomic E-state index is 0.0895. The molecular weight excluding hydrogens is 480 g/mol. The van der Waals surface area contributed by atoms with Crippen LogP contribution in [0.2, 0.25) is 5.02 Å². The minimum atomic E-state index is -0.609. The van der Waals surface area contributed by atoms with Gasteiger partial charge in [0.2, 0.25) is 0 Å². The lowest BCUT2D eigenvalue weighted by atomic mass is 10.2. The highest BCUT2D eigenvalue weighted by molar-refractivity contribution is 6.30. The molecule has 0 radical (unpaired) electrons. The zero-order chi connectivity index (χ0) is 25.3. The van der Waals surface area contributed by atoms with Crippen molar-refractivity contribution in [3.8, 4) is 11.5 Å². The van der Waals surface area contributed by atoms with Crippen molar-refractivity contribution in [3.63, 3.8) is 0 Å². The maximum absolute atomic E-state index is 12.7. The molecule has 0 spiro atoms. The zero-order valence-corrected chi connectivity index (χ0v) is 19.5. The van der Waals surface area contributed by atoms with Crippen LogP contribution in [0.25, 0.3) is 0 Å². The number of ether oxygens (including phenoxy) is 2. The number of hydrazone groups is 1. The molecule has 178 valence electrons. The molecule has 0 fully saturated rings. The van der Waals surface area contributed by atoms with E-state index in [1.165, 1.54) is 18.3 Å². The molecule has 0 aliphatic carbocycles. The molecule has 0 atom stereocenters. The summed E-state index contributed by atoms with van der Waals surface area (Å²) in [5, 5.41) is 4.47. The van der Waals surface area contributed by atoms with Gasteiger partial charge in [-0.25, -0.2) is 15.0 Å². The maximum atomic E-state index is 12.7. The second kappa shape index (κ2) is 11.6. The van der Waals surface area contributed by atoms with Crippen LogP contribution in [0, 0.1) is 0 Å². The molecule has 4 aromatic rings. The number of nitrogens with one attached hydrogen (secondary N) is 1. The molecule has 4 aromatic carbocycles. The highest BCUT2D eigenvalue weighted by Gasteiger charge is 2.15. The van der Waals surface area contributed by atoms with E-state index in [1.54, 1.807) is 91.0 Å². The fraction of sp³-hybridized carbons (Fsp3) is 0. The Morgan fingerprint density at radius 2 is 1.28 bits per heavy atom.